The zero-order chi connectivity index (χ0) is 37.6. The van der Waals surface area contributed by atoms with Crippen molar-refractivity contribution >= 4 is 39.6 Å². The van der Waals surface area contributed by atoms with Gasteiger partial charge >= 0.3 is 5.97 Å². The molecular weight excluding hydrogens is 714 g/mol. The van der Waals surface area contributed by atoms with Crippen LogP contribution in [0.4, 0.5) is 0 Å². The van der Waals surface area contributed by atoms with Crippen LogP contribution in [0.1, 0.15) is 97.7 Å². The molecule has 0 saturated carbocycles. The number of nitrogens with one attached hydrogen (secondary N) is 1. The third kappa shape index (κ3) is 9.14. The smallest absolute Gasteiger partial charge is 0.313 e. The number of nitrogens with zero attached hydrogens (tertiary/aromatic N) is 2. The molecular formula is C40H58BrN3O7. The number of halogens is 1. The summed E-state index contributed by atoms with van der Waals surface area (Å²) in [6.45, 7) is 18.9. The Labute approximate surface area is 312 Å². The maximum absolute atomic E-state index is 15.0. The molecule has 2 bridgehead atoms. The maximum atomic E-state index is 15.0. The van der Waals surface area contributed by atoms with Crippen molar-refractivity contribution in [2.24, 2.45) is 17.3 Å². The van der Waals surface area contributed by atoms with Crippen LogP contribution in [0.2, 0.25) is 0 Å². The number of aliphatic hydroxyl groups excluding tert-OH is 1. The van der Waals surface area contributed by atoms with Crippen molar-refractivity contribution in [1.82, 2.24) is 15.1 Å². The Morgan fingerprint density at radius 1 is 1.12 bits per heavy atom. The Balaban J connectivity index is 1.70. The molecule has 0 radical (unpaired) electrons. The molecule has 11 heteroatoms. The molecule has 1 aromatic carbocycles. The summed E-state index contributed by atoms with van der Waals surface area (Å²) >= 11 is 3.77. The first-order valence-electron chi connectivity index (χ1n) is 18.4. The van der Waals surface area contributed by atoms with Gasteiger partial charge in [0.2, 0.25) is 17.7 Å². The first kappa shape index (κ1) is 40.7. The Kier molecular flexibility index (Phi) is 13.7. The molecule has 282 valence electrons. The van der Waals surface area contributed by atoms with E-state index >= 15 is 4.79 Å². The fourth-order valence-corrected chi connectivity index (χ4v) is 9.56. The second-order valence-electron chi connectivity index (χ2n) is 16.1. The number of aliphatic hydroxyl groups is 1. The quantitative estimate of drug-likeness (QED) is 0.0779. The number of unbranched alkanes of at least 4 members (excludes halogenated alkanes) is 3. The Bertz CT molecular complexity index is 1410. The molecule has 1 spiro atoms. The van der Waals surface area contributed by atoms with E-state index in [9.17, 15) is 19.5 Å². The van der Waals surface area contributed by atoms with Gasteiger partial charge in [-0.3, -0.25) is 19.2 Å². The molecule has 7 atom stereocenters. The van der Waals surface area contributed by atoms with Gasteiger partial charge in [0.05, 0.1) is 24.5 Å². The van der Waals surface area contributed by atoms with Gasteiger partial charge in [-0.25, -0.2) is 0 Å². The predicted octanol–water partition coefficient (Wildman–Crippen LogP) is 5.88. The van der Waals surface area contributed by atoms with Crippen molar-refractivity contribution in [3.63, 3.8) is 0 Å². The molecule has 0 aromatic heterocycles. The highest BCUT2D eigenvalue weighted by molar-refractivity contribution is 9.09. The molecule has 2 N–H and O–H groups in total. The van der Waals surface area contributed by atoms with Gasteiger partial charge in [-0.15, -0.1) is 13.2 Å². The number of allylic oxidation sites excluding steroid dienone is 1. The van der Waals surface area contributed by atoms with Crippen molar-refractivity contribution in [3.8, 4) is 0 Å². The van der Waals surface area contributed by atoms with Crippen LogP contribution in [0.5, 0.6) is 0 Å². The van der Waals surface area contributed by atoms with Crippen LogP contribution >= 0.6 is 15.9 Å². The first-order valence-corrected chi connectivity index (χ1v) is 19.3. The lowest BCUT2D eigenvalue weighted by molar-refractivity contribution is -0.160. The lowest BCUT2D eigenvalue weighted by atomic mass is 9.70. The number of carbonyl (C=O) groups is 4. The summed E-state index contributed by atoms with van der Waals surface area (Å²) < 4.78 is 13.0. The molecule has 4 rings (SSSR count). The van der Waals surface area contributed by atoms with E-state index < -0.39 is 47.2 Å². The van der Waals surface area contributed by atoms with Crippen LogP contribution in [0.3, 0.4) is 0 Å². The number of alkyl halides is 1. The van der Waals surface area contributed by atoms with Gasteiger partial charge in [0.25, 0.3) is 0 Å². The van der Waals surface area contributed by atoms with Gasteiger partial charge in [0, 0.05) is 36.5 Å². The van der Waals surface area contributed by atoms with Crippen LogP contribution in [0, 0.1) is 17.3 Å². The van der Waals surface area contributed by atoms with Gasteiger partial charge in [0.15, 0.2) is 0 Å². The second kappa shape index (κ2) is 17.2. The zero-order valence-electron chi connectivity index (χ0n) is 31.1. The highest BCUT2D eigenvalue weighted by Gasteiger charge is 2.77. The predicted molar refractivity (Wildman–Crippen MR) is 201 cm³/mol. The van der Waals surface area contributed by atoms with Crippen LogP contribution < -0.4 is 5.32 Å². The monoisotopic (exact) mass is 771 g/mol. The van der Waals surface area contributed by atoms with Crippen molar-refractivity contribution in [3.05, 3.63) is 61.2 Å². The highest BCUT2D eigenvalue weighted by Crippen LogP contribution is 2.60. The number of likely N-dealkylation sites (tertiary alicyclic amines) is 1. The van der Waals surface area contributed by atoms with E-state index in [1.807, 2.05) is 49.1 Å². The highest BCUT2D eigenvalue weighted by atomic mass is 79.9. The molecule has 3 aliphatic rings. The zero-order valence-corrected chi connectivity index (χ0v) is 32.7. The summed E-state index contributed by atoms with van der Waals surface area (Å²) in [7, 11) is 0. The van der Waals surface area contributed by atoms with E-state index in [2.05, 4.69) is 55.2 Å². The molecule has 0 aliphatic carbocycles. The van der Waals surface area contributed by atoms with Crippen LogP contribution in [0.25, 0.3) is 0 Å². The SMILES string of the molecule is C=CCCC(=O)NC[C@H](OC(=O)[C@H]1[C@@H]2O[C@@]3(CC2Br)[C@@H]1C(=O)N(CCCCCCO)[C@@H]3C(=O)N(CC=C)C(C)(C)CC(C)(C)C)c1ccccc1. The van der Waals surface area contributed by atoms with Crippen LogP contribution in [-0.2, 0) is 28.7 Å². The van der Waals surface area contributed by atoms with Gasteiger partial charge in [-0.2, -0.15) is 0 Å². The van der Waals surface area contributed by atoms with Crippen LogP contribution in [0.15, 0.2) is 55.6 Å². The van der Waals surface area contributed by atoms with Crippen molar-refractivity contribution in [1.29, 1.82) is 0 Å². The Morgan fingerprint density at radius 2 is 1.80 bits per heavy atom. The average molecular weight is 773 g/mol. The van der Waals surface area contributed by atoms with Gasteiger partial charge in [0.1, 0.15) is 17.7 Å². The molecule has 3 heterocycles. The molecule has 51 heavy (non-hydrogen) atoms. The second-order valence-corrected chi connectivity index (χ2v) is 17.3. The standard InChI is InChI=1S/C40H58BrN3O7/c1-8-10-20-30(46)42-25-29(27-18-14-13-15-19-27)50-37(49)31-32-35(47)43(22-16-11-12-17-23-45)34(40(32)24-28(41)33(31)51-40)36(48)44(21-9-2)39(6,7)26-38(3,4)5/h8-9,13-15,18-19,28-29,31-34,45H,1-2,10-12,16-17,20-26H2,3-7H3,(H,42,46)/t28?,29-,31+,32-,33+,34+,40-/m0/s1. The van der Waals surface area contributed by atoms with Crippen molar-refractivity contribution in [2.45, 2.75) is 120 Å². The number of carbonyl (C=O) groups excluding carboxylic acids is 4. The lowest BCUT2D eigenvalue weighted by Gasteiger charge is -2.45. The topological polar surface area (TPSA) is 125 Å². The minimum atomic E-state index is -1.24. The van der Waals surface area contributed by atoms with E-state index in [4.69, 9.17) is 9.47 Å². The fraction of sp³-hybridized carbons (Fsp3) is 0.650. The van der Waals surface area contributed by atoms with Gasteiger partial charge < -0.3 is 29.7 Å². The molecule has 1 unspecified atom stereocenters. The number of ether oxygens (including phenoxy) is 2. The number of amides is 3. The maximum Gasteiger partial charge on any atom is 0.313 e. The molecule has 3 saturated heterocycles. The number of benzene rings is 1. The van der Waals surface area contributed by atoms with Crippen molar-refractivity contribution in [2.75, 3.05) is 26.2 Å². The summed E-state index contributed by atoms with van der Waals surface area (Å²) in [6, 6.07) is 8.27. The third-order valence-corrected chi connectivity index (χ3v) is 11.2. The van der Waals surface area contributed by atoms with E-state index in [0.29, 0.717) is 50.8 Å². The lowest BCUT2D eigenvalue weighted by Crippen LogP contribution is -2.61. The minimum Gasteiger partial charge on any atom is -0.455 e. The molecule has 10 nitrogen and oxygen atoms in total. The fourth-order valence-electron chi connectivity index (χ4n) is 8.61. The van der Waals surface area contributed by atoms with E-state index in [1.165, 1.54) is 0 Å². The minimum absolute atomic E-state index is 0.0614. The summed E-state index contributed by atoms with van der Waals surface area (Å²) in [6.07, 6.45) is 6.69. The summed E-state index contributed by atoms with van der Waals surface area (Å²) in [5.74, 6) is -3.14. The Morgan fingerprint density at radius 3 is 2.43 bits per heavy atom. The van der Waals surface area contributed by atoms with E-state index in [1.54, 1.807) is 17.1 Å². The molecule has 3 aliphatic heterocycles. The number of fused-ring (bicyclic) bond motifs is 1. The summed E-state index contributed by atoms with van der Waals surface area (Å²) in [4.78, 5) is 59.8. The summed E-state index contributed by atoms with van der Waals surface area (Å²) in [5.41, 5.74) is -1.18. The number of hydrogen-bond acceptors (Lipinski definition) is 7. The largest absolute Gasteiger partial charge is 0.455 e. The van der Waals surface area contributed by atoms with E-state index in [0.717, 1.165) is 12.8 Å². The van der Waals surface area contributed by atoms with Gasteiger partial charge in [-0.1, -0.05) is 92.0 Å². The number of rotatable bonds is 19. The Hall–Kier alpha value is -3.02. The van der Waals surface area contributed by atoms with E-state index in [-0.39, 0.29) is 47.5 Å². The number of esters is 1. The van der Waals surface area contributed by atoms with Crippen LogP contribution in [-0.4, -0.2) is 93.0 Å². The number of hydrogen-bond donors (Lipinski definition) is 2. The molecule has 1 aromatic rings. The van der Waals surface area contributed by atoms with Crippen molar-refractivity contribution < 1.29 is 33.8 Å². The average Bonchev–Trinajstić information content (AvgIpc) is 3.66. The molecule has 3 amide bonds. The third-order valence-electron chi connectivity index (χ3n) is 10.4. The normalized spacial score (nSPS) is 26.1. The summed E-state index contributed by atoms with van der Waals surface area (Å²) in [5, 5.41) is 12.2. The van der Waals surface area contributed by atoms with Gasteiger partial charge in [-0.05, 0) is 56.9 Å². The first-order chi connectivity index (χ1) is 24.1. The molecule has 3 fully saturated rings.